The molecule has 1 saturated heterocycles. The largest absolute Gasteiger partial charge is 0.479 e. The first-order valence-electron chi connectivity index (χ1n) is 12.9. The van der Waals surface area contributed by atoms with Crippen LogP contribution in [0.2, 0.25) is 0 Å². The number of fused-ring (bicyclic) bond motifs is 2. The molecule has 1 N–H and O–H groups in total. The highest BCUT2D eigenvalue weighted by atomic mass is 32.2. The molecule has 0 aromatic carbocycles. The second-order valence-electron chi connectivity index (χ2n) is 10.3. The van der Waals surface area contributed by atoms with E-state index in [0.717, 1.165) is 38.6 Å². The summed E-state index contributed by atoms with van der Waals surface area (Å²) in [7, 11) is 0. The second kappa shape index (κ2) is 11.6. The molecule has 4 aliphatic rings. The lowest BCUT2D eigenvalue weighted by Crippen LogP contribution is -2.53. The maximum absolute atomic E-state index is 12.5. The summed E-state index contributed by atoms with van der Waals surface area (Å²) >= 11 is 1.87. The van der Waals surface area contributed by atoms with Gasteiger partial charge in [0.15, 0.2) is 6.10 Å². The van der Waals surface area contributed by atoms with E-state index in [1.807, 2.05) is 18.7 Å². The third-order valence-electron chi connectivity index (χ3n) is 8.36. The molecular formula is C25H41NO5S. The highest BCUT2D eigenvalue weighted by molar-refractivity contribution is 8.00. The number of thioether (sulfide) groups is 1. The Balaban J connectivity index is 1.19. The van der Waals surface area contributed by atoms with Crippen molar-refractivity contribution in [1.29, 1.82) is 0 Å². The average molecular weight is 468 g/mol. The van der Waals surface area contributed by atoms with Crippen LogP contribution in [-0.2, 0) is 19.1 Å². The van der Waals surface area contributed by atoms with Crippen LogP contribution in [-0.4, -0.2) is 70.9 Å². The molecule has 7 heteroatoms. The van der Waals surface area contributed by atoms with Gasteiger partial charge < -0.3 is 19.5 Å². The molecule has 4 fully saturated rings. The van der Waals surface area contributed by atoms with Crippen molar-refractivity contribution in [2.24, 2.45) is 17.8 Å². The summed E-state index contributed by atoms with van der Waals surface area (Å²) < 4.78 is 11.8. The van der Waals surface area contributed by atoms with Crippen LogP contribution in [0, 0.1) is 17.8 Å². The van der Waals surface area contributed by atoms with E-state index in [9.17, 15) is 14.7 Å². The van der Waals surface area contributed by atoms with E-state index in [1.165, 1.54) is 32.1 Å². The number of ether oxygens (including phenoxy) is 2. The molecule has 4 rings (SSSR count). The van der Waals surface area contributed by atoms with Crippen molar-refractivity contribution in [3.05, 3.63) is 0 Å². The van der Waals surface area contributed by atoms with Gasteiger partial charge in [0.25, 0.3) is 0 Å². The second-order valence-corrected chi connectivity index (χ2v) is 11.5. The number of carboxylic acid groups (broad SMARTS) is 1. The van der Waals surface area contributed by atoms with Gasteiger partial charge in [-0.1, -0.05) is 19.3 Å². The van der Waals surface area contributed by atoms with Crippen molar-refractivity contribution in [3.63, 3.8) is 0 Å². The Hall–Kier alpha value is -0.790. The maximum Gasteiger partial charge on any atom is 0.332 e. The monoisotopic (exact) mass is 467 g/mol. The number of amides is 1. The summed E-state index contributed by atoms with van der Waals surface area (Å²) in [6, 6.07) is 0.427. The van der Waals surface area contributed by atoms with Crippen LogP contribution >= 0.6 is 11.8 Å². The minimum absolute atomic E-state index is 0.301. The molecule has 6 nitrogen and oxygen atoms in total. The first-order chi connectivity index (χ1) is 15.5. The lowest BCUT2D eigenvalue weighted by molar-refractivity contribution is -0.151. The van der Waals surface area contributed by atoms with Gasteiger partial charge in [0.1, 0.15) is 0 Å². The minimum atomic E-state index is -0.823. The van der Waals surface area contributed by atoms with E-state index >= 15 is 0 Å². The number of carbonyl (C=O) groups excluding carboxylic acids is 1. The standard InChI is InChI=1S/C25H41NO5S/c1-2-30-22(25(28)29)14-17-7-8-19-15-20(10-9-18(19)13-17)31-12-11-26-21-5-3-4-6-23(21)32-16-24(26)27/h17-23H,2-16H2,1H3,(H,28,29). The molecule has 0 aromatic rings. The molecule has 182 valence electrons. The summed E-state index contributed by atoms with van der Waals surface area (Å²) in [5, 5.41) is 10.0. The maximum atomic E-state index is 12.5. The van der Waals surface area contributed by atoms with Gasteiger partial charge in [-0.2, -0.15) is 0 Å². The van der Waals surface area contributed by atoms with Gasteiger partial charge in [-0.3, -0.25) is 4.79 Å². The van der Waals surface area contributed by atoms with Gasteiger partial charge >= 0.3 is 5.97 Å². The highest BCUT2D eigenvalue weighted by Crippen LogP contribution is 2.45. The van der Waals surface area contributed by atoms with Crippen LogP contribution in [0.4, 0.5) is 0 Å². The normalized spacial score (nSPS) is 36.3. The molecule has 7 atom stereocenters. The summed E-state index contributed by atoms with van der Waals surface area (Å²) in [5.41, 5.74) is 0. The van der Waals surface area contributed by atoms with E-state index in [1.54, 1.807) is 0 Å². The number of rotatable bonds is 9. The Bertz CT molecular complexity index is 646. The Kier molecular flexibility index (Phi) is 8.80. The fourth-order valence-electron chi connectivity index (χ4n) is 6.74. The van der Waals surface area contributed by atoms with Gasteiger partial charge in [0, 0.05) is 24.4 Å². The Morgan fingerprint density at radius 2 is 1.91 bits per heavy atom. The fourth-order valence-corrected chi connectivity index (χ4v) is 8.10. The lowest BCUT2D eigenvalue weighted by Gasteiger charge is -2.44. The molecular weight excluding hydrogens is 426 g/mol. The zero-order chi connectivity index (χ0) is 22.5. The van der Waals surface area contributed by atoms with E-state index in [4.69, 9.17) is 9.47 Å². The Morgan fingerprint density at radius 1 is 1.12 bits per heavy atom. The zero-order valence-electron chi connectivity index (χ0n) is 19.6. The summed E-state index contributed by atoms with van der Waals surface area (Å²) in [6.07, 6.45) is 12.1. The molecule has 7 unspecified atom stereocenters. The molecule has 3 saturated carbocycles. The molecule has 1 amide bonds. The third kappa shape index (κ3) is 6.01. The van der Waals surface area contributed by atoms with E-state index < -0.39 is 12.1 Å². The summed E-state index contributed by atoms with van der Waals surface area (Å²) in [4.78, 5) is 26.1. The smallest absolute Gasteiger partial charge is 0.332 e. The number of nitrogens with zero attached hydrogens (tertiary/aromatic N) is 1. The lowest BCUT2D eigenvalue weighted by atomic mass is 9.66. The quantitative estimate of drug-likeness (QED) is 0.543. The SMILES string of the molecule is CCOC(CC1CCC2CC(OCCN3C(=O)CSC4CCCCC43)CCC2C1)C(=O)O. The number of carbonyl (C=O) groups is 2. The summed E-state index contributed by atoms with van der Waals surface area (Å²) in [6.45, 7) is 3.74. The summed E-state index contributed by atoms with van der Waals surface area (Å²) in [5.74, 6) is 1.99. The van der Waals surface area contributed by atoms with E-state index in [0.29, 0.717) is 66.4 Å². The molecule has 0 radical (unpaired) electrons. The van der Waals surface area contributed by atoms with Gasteiger partial charge in [-0.25, -0.2) is 4.79 Å². The van der Waals surface area contributed by atoms with Crippen molar-refractivity contribution < 1.29 is 24.2 Å². The topological polar surface area (TPSA) is 76.1 Å². The molecule has 32 heavy (non-hydrogen) atoms. The van der Waals surface area contributed by atoms with Gasteiger partial charge in [0.05, 0.1) is 18.5 Å². The number of hydrogen-bond acceptors (Lipinski definition) is 5. The van der Waals surface area contributed by atoms with Gasteiger partial charge in [0.2, 0.25) is 5.91 Å². The van der Waals surface area contributed by atoms with Crippen LogP contribution in [0.25, 0.3) is 0 Å². The Morgan fingerprint density at radius 3 is 2.72 bits per heavy atom. The van der Waals surface area contributed by atoms with Crippen LogP contribution in [0.1, 0.15) is 77.6 Å². The molecule has 3 aliphatic carbocycles. The molecule has 1 heterocycles. The minimum Gasteiger partial charge on any atom is -0.479 e. The highest BCUT2D eigenvalue weighted by Gasteiger charge is 2.39. The first-order valence-corrected chi connectivity index (χ1v) is 14.0. The van der Waals surface area contributed by atoms with Crippen molar-refractivity contribution >= 4 is 23.6 Å². The van der Waals surface area contributed by atoms with Crippen molar-refractivity contribution in [2.45, 2.75) is 101 Å². The van der Waals surface area contributed by atoms with E-state index in [-0.39, 0.29) is 0 Å². The van der Waals surface area contributed by atoms with Gasteiger partial charge in [-0.15, -0.1) is 11.8 Å². The predicted octanol–water partition coefficient (Wildman–Crippen LogP) is 4.35. The predicted molar refractivity (Wildman–Crippen MR) is 126 cm³/mol. The van der Waals surface area contributed by atoms with Crippen molar-refractivity contribution in [3.8, 4) is 0 Å². The van der Waals surface area contributed by atoms with Crippen molar-refractivity contribution in [1.82, 2.24) is 4.90 Å². The van der Waals surface area contributed by atoms with Crippen molar-refractivity contribution in [2.75, 3.05) is 25.5 Å². The Labute approximate surface area is 197 Å². The first kappa shape index (κ1) is 24.3. The van der Waals surface area contributed by atoms with Crippen LogP contribution < -0.4 is 0 Å². The van der Waals surface area contributed by atoms with E-state index in [2.05, 4.69) is 4.90 Å². The fraction of sp³-hybridized carbons (Fsp3) is 0.920. The number of carboxylic acids is 1. The number of aliphatic carboxylic acids is 1. The van der Waals surface area contributed by atoms with Crippen LogP contribution in [0.5, 0.6) is 0 Å². The average Bonchev–Trinajstić information content (AvgIpc) is 2.80. The number of hydrogen-bond donors (Lipinski definition) is 1. The van der Waals surface area contributed by atoms with Crippen LogP contribution in [0.15, 0.2) is 0 Å². The van der Waals surface area contributed by atoms with Crippen LogP contribution in [0.3, 0.4) is 0 Å². The molecule has 0 spiro atoms. The molecule has 1 aliphatic heterocycles. The molecule has 0 bridgehead atoms. The van der Waals surface area contributed by atoms with Gasteiger partial charge in [-0.05, 0) is 76.0 Å². The third-order valence-corrected chi connectivity index (χ3v) is 9.75. The molecule has 0 aromatic heterocycles. The zero-order valence-corrected chi connectivity index (χ0v) is 20.4.